The maximum absolute atomic E-state index is 13.2. The van der Waals surface area contributed by atoms with Crippen LogP contribution in [0.5, 0.6) is 0 Å². The molecule has 0 saturated heterocycles. The summed E-state index contributed by atoms with van der Waals surface area (Å²) in [5.41, 5.74) is -0.943. The second kappa shape index (κ2) is 4.68. The van der Waals surface area contributed by atoms with Crippen molar-refractivity contribution in [3.8, 4) is 0 Å². The standard InChI is InChI=1S/C20H30O3/c1-18-8-6-13(21)10-12(18)4-5-14-15-7-9-20(3,23)19(15,2)11-16(22)17(14)18/h12,14-15,17,23H,4-11H2,1-3H3/t12-,14+,15+,17-,18+,19+,20-/m1/s1. The van der Waals surface area contributed by atoms with Gasteiger partial charge in [0.1, 0.15) is 11.6 Å². The van der Waals surface area contributed by atoms with Gasteiger partial charge < -0.3 is 5.11 Å². The van der Waals surface area contributed by atoms with Gasteiger partial charge in [0, 0.05) is 30.6 Å². The van der Waals surface area contributed by atoms with Gasteiger partial charge in [-0.2, -0.15) is 0 Å². The molecule has 0 heterocycles. The molecule has 0 aromatic carbocycles. The average molecular weight is 318 g/mol. The number of ketones is 2. The van der Waals surface area contributed by atoms with Crippen LogP contribution in [-0.2, 0) is 9.59 Å². The average Bonchev–Trinajstić information content (AvgIpc) is 2.69. The van der Waals surface area contributed by atoms with Crippen molar-refractivity contribution in [2.45, 2.75) is 77.7 Å². The van der Waals surface area contributed by atoms with Gasteiger partial charge in [-0.3, -0.25) is 9.59 Å². The van der Waals surface area contributed by atoms with E-state index in [1.165, 1.54) is 0 Å². The van der Waals surface area contributed by atoms with Crippen molar-refractivity contribution in [3.05, 3.63) is 0 Å². The molecule has 4 rings (SSSR count). The van der Waals surface area contributed by atoms with Gasteiger partial charge in [-0.1, -0.05) is 13.8 Å². The van der Waals surface area contributed by atoms with E-state index in [4.69, 9.17) is 0 Å². The second-order valence-corrected chi connectivity index (χ2v) is 9.64. The molecule has 4 fully saturated rings. The van der Waals surface area contributed by atoms with Crippen molar-refractivity contribution >= 4 is 11.6 Å². The zero-order valence-electron chi connectivity index (χ0n) is 14.7. The summed E-state index contributed by atoms with van der Waals surface area (Å²) in [4.78, 5) is 25.1. The van der Waals surface area contributed by atoms with Gasteiger partial charge >= 0.3 is 0 Å². The number of carbonyl (C=O) groups excluding carboxylic acids is 2. The SMILES string of the molecule is C[C@]12CCC(=O)C[C@H]1CC[C@@H]1[C@@H]2C(=O)C[C@@]2(C)[C@H]1CC[C@@]2(C)O. The molecular weight excluding hydrogens is 288 g/mol. The summed E-state index contributed by atoms with van der Waals surface area (Å²) >= 11 is 0. The summed E-state index contributed by atoms with van der Waals surface area (Å²) in [5.74, 6) is 2.18. The van der Waals surface area contributed by atoms with Gasteiger partial charge in [0.15, 0.2) is 0 Å². The fourth-order valence-electron chi connectivity index (χ4n) is 7.07. The molecular formula is C20H30O3. The summed E-state index contributed by atoms with van der Waals surface area (Å²) in [6, 6.07) is 0. The molecule has 0 aromatic rings. The molecule has 0 aliphatic heterocycles. The van der Waals surface area contributed by atoms with Crippen LogP contribution in [-0.4, -0.2) is 22.3 Å². The van der Waals surface area contributed by atoms with E-state index >= 15 is 0 Å². The van der Waals surface area contributed by atoms with Gasteiger partial charge in [-0.15, -0.1) is 0 Å². The molecule has 0 bridgehead atoms. The fraction of sp³-hybridized carbons (Fsp3) is 0.900. The molecule has 0 radical (unpaired) electrons. The molecule has 4 aliphatic carbocycles. The first kappa shape index (κ1) is 15.8. The minimum Gasteiger partial charge on any atom is -0.390 e. The lowest BCUT2D eigenvalue weighted by molar-refractivity contribution is -0.170. The Kier molecular flexibility index (Phi) is 3.22. The van der Waals surface area contributed by atoms with E-state index in [0.29, 0.717) is 48.6 Å². The Bertz CT molecular complexity index is 565. The number of Topliss-reactive ketones (excluding diaryl/α,β-unsaturated/α-hetero) is 2. The Balaban J connectivity index is 1.72. The Morgan fingerprint density at radius 2 is 1.78 bits per heavy atom. The number of hydrogen-bond acceptors (Lipinski definition) is 3. The Morgan fingerprint density at radius 1 is 1.04 bits per heavy atom. The van der Waals surface area contributed by atoms with E-state index in [2.05, 4.69) is 13.8 Å². The molecule has 0 aromatic heterocycles. The van der Waals surface area contributed by atoms with Gasteiger partial charge in [-0.05, 0) is 62.2 Å². The monoisotopic (exact) mass is 318 g/mol. The van der Waals surface area contributed by atoms with Crippen molar-refractivity contribution < 1.29 is 14.7 Å². The van der Waals surface area contributed by atoms with Gasteiger partial charge in [0.25, 0.3) is 0 Å². The number of rotatable bonds is 0. The number of hydrogen-bond donors (Lipinski definition) is 1. The van der Waals surface area contributed by atoms with E-state index in [-0.39, 0.29) is 16.7 Å². The van der Waals surface area contributed by atoms with Gasteiger partial charge in [0.05, 0.1) is 5.60 Å². The maximum atomic E-state index is 13.2. The Hall–Kier alpha value is -0.700. The minimum absolute atomic E-state index is 0.0175. The molecule has 23 heavy (non-hydrogen) atoms. The quantitative estimate of drug-likeness (QED) is 0.743. The topological polar surface area (TPSA) is 54.4 Å². The van der Waals surface area contributed by atoms with Crippen LogP contribution >= 0.6 is 0 Å². The summed E-state index contributed by atoms with van der Waals surface area (Å²) in [7, 11) is 0. The Labute approximate surface area is 139 Å². The predicted molar refractivity (Wildman–Crippen MR) is 87.7 cm³/mol. The van der Waals surface area contributed by atoms with Gasteiger partial charge in [-0.25, -0.2) is 0 Å². The molecule has 3 nitrogen and oxygen atoms in total. The molecule has 7 atom stereocenters. The summed E-state index contributed by atoms with van der Waals surface area (Å²) < 4.78 is 0. The third kappa shape index (κ3) is 1.92. The van der Waals surface area contributed by atoms with Crippen LogP contribution in [0.1, 0.15) is 72.1 Å². The van der Waals surface area contributed by atoms with Crippen LogP contribution in [0.15, 0.2) is 0 Å². The second-order valence-electron chi connectivity index (χ2n) is 9.64. The molecule has 128 valence electrons. The predicted octanol–water partition coefficient (Wildman–Crippen LogP) is 3.53. The number of carbonyl (C=O) groups is 2. The van der Waals surface area contributed by atoms with Crippen LogP contribution in [0.2, 0.25) is 0 Å². The molecule has 1 N–H and O–H groups in total. The normalized spacial score (nSPS) is 56.0. The first-order valence-electron chi connectivity index (χ1n) is 9.46. The van der Waals surface area contributed by atoms with Crippen LogP contribution in [0.25, 0.3) is 0 Å². The number of aliphatic hydroxyl groups is 1. The highest BCUT2D eigenvalue weighted by molar-refractivity contribution is 5.86. The smallest absolute Gasteiger partial charge is 0.137 e. The third-order valence-electron chi connectivity index (χ3n) is 8.73. The molecule has 3 heteroatoms. The first-order valence-corrected chi connectivity index (χ1v) is 9.46. The van der Waals surface area contributed by atoms with E-state index in [0.717, 1.165) is 32.1 Å². The van der Waals surface area contributed by atoms with Crippen LogP contribution < -0.4 is 0 Å². The van der Waals surface area contributed by atoms with Crippen LogP contribution in [0.4, 0.5) is 0 Å². The minimum atomic E-state index is -0.710. The third-order valence-corrected chi connectivity index (χ3v) is 8.73. The lowest BCUT2D eigenvalue weighted by Crippen LogP contribution is -2.59. The van der Waals surface area contributed by atoms with Crippen molar-refractivity contribution in [2.24, 2.45) is 34.5 Å². The molecule has 0 amide bonds. The highest BCUT2D eigenvalue weighted by Gasteiger charge is 2.65. The fourth-order valence-corrected chi connectivity index (χ4v) is 7.07. The van der Waals surface area contributed by atoms with E-state index in [9.17, 15) is 14.7 Å². The summed E-state index contributed by atoms with van der Waals surface area (Å²) in [6.45, 7) is 6.37. The summed E-state index contributed by atoms with van der Waals surface area (Å²) in [5, 5.41) is 10.9. The van der Waals surface area contributed by atoms with Crippen molar-refractivity contribution in [1.82, 2.24) is 0 Å². The first-order chi connectivity index (χ1) is 10.7. The van der Waals surface area contributed by atoms with Crippen molar-refractivity contribution in [2.75, 3.05) is 0 Å². The van der Waals surface area contributed by atoms with Gasteiger partial charge in [0.2, 0.25) is 0 Å². The van der Waals surface area contributed by atoms with Crippen molar-refractivity contribution in [1.29, 1.82) is 0 Å². The van der Waals surface area contributed by atoms with E-state index < -0.39 is 5.60 Å². The lowest BCUT2D eigenvalue weighted by Gasteiger charge is -2.59. The lowest BCUT2D eigenvalue weighted by atomic mass is 9.44. The highest BCUT2D eigenvalue weighted by Crippen LogP contribution is 2.66. The Morgan fingerprint density at radius 3 is 2.52 bits per heavy atom. The van der Waals surface area contributed by atoms with E-state index in [1.54, 1.807) is 0 Å². The largest absolute Gasteiger partial charge is 0.390 e. The summed E-state index contributed by atoms with van der Waals surface area (Å²) in [6.07, 6.45) is 6.80. The molecule has 4 saturated carbocycles. The van der Waals surface area contributed by atoms with Crippen molar-refractivity contribution in [3.63, 3.8) is 0 Å². The van der Waals surface area contributed by atoms with Crippen LogP contribution in [0.3, 0.4) is 0 Å². The van der Waals surface area contributed by atoms with Crippen LogP contribution in [0, 0.1) is 34.5 Å². The molecule has 0 unspecified atom stereocenters. The molecule has 4 aliphatic rings. The zero-order chi connectivity index (χ0) is 16.6. The maximum Gasteiger partial charge on any atom is 0.137 e. The number of fused-ring (bicyclic) bond motifs is 5. The van der Waals surface area contributed by atoms with E-state index in [1.807, 2.05) is 6.92 Å². The highest BCUT2D eigenvalue weighted by atomic mass is 16.3. The molecule has 0 spiro atoms. The zero-order valence-corrected chi connectivity index (χ0v) is 14.7.